The molecular weight excluding hydrogens is 416 g/mol. The molecule has 0 bridgehead atoms. The minimum Gasteiger partial charge on any atom is -0.457 e. The lowest BCUT2D eigenvalue weighted by Crippen LogP contribution is -2.02. The molecule has 0 aliphatic carbocycles. The van der Waals surface area contributed by atoms with Crippen LogP contribution in [-0.4, -0.2) is 0 Å². The zero-order chi connectivity index (χ0) is 22.8. The summed E-state index contributed by atoms with van der Waals surface area (Å²) in [6.45, 7) is 0. The van der Waals surface area contributed by atoms with Crippen LogP contribution in [0.25, 0.3) is 22.3 Å². The van der Waals surface area contributed by atoms with E-state index in [1.807, 2.05) is 30.3 Å². The van der Waals surface area contributed by atoms with Gasteiger partial charge in [-0.15, -0.1) is 0 Å². The summed E-state index contributed by atoms with van der Waals surface area (Å²) in [5.41, 5.74) is 13.7. The Morgan fingerprint density at radius 2 is 1.24 bits per heavy atom. The van der Waals surface area contributed by atoms with Crippen LogP contribution < -0.4 is 26.4 Å². The highest BCUT2D eigenvalue weighted by atomic mass is 16.5. The van der Waals surface area contributed by atoms with Crippen LogP contribution in [0.15, 0.2) is 106 Å². The number of benzene rings is 4. The molecule has 0 atom stereocenters. The standard InChI is InChI=1S/C27H20N2O4/c28-18-6-10-20(11-7-18)31-22-14-23-24(30)16-25(17-4-2-1-3-5-17)33-27(23)26(15-22)32-21-12-8-19(29)9-13-21/h1-16H,28-29H2. The van der Waals surface area contributed by atoms with Crippen molar-refractivity contribution < 1.29 is 13.9 Å². The molecule has 0 amide bonds. The Hall–Kier alpha value is -4.71. The Kier molecular flexibility index (Phi) is 5.16. The third-order valence-electron chi connectivity index (χ3n) is 5.05. The number of nitrogen functional groups attached to an aromatic ring is 2. The molecule has 1 heterocycles. The maximum absolute atomic E-state index is 13.1. The van der Waals surface area contributed by atoms with Crippen LogP contribution in [0.1, 0.15) is 0 Å². The molecule has 4 N–H and O–H groups in total. The molecule has 0 aliphatic heterocycles. The first-order valence-corrected chi connectivity index (χ1v) is 10.3. The first-order chi connectivity index (χ1) is 16.0. The monoisotopic (exact) mass is 436 g/mol. The fourth-order valence-electron chi connectivity index (χ4n) is 3.42. The zero-order valence-electron chi connectivity index (χ0n) is 17.5. The van der Waals surface area contributed by atoms with Crippen molar-refractivity contribution in [2.24, 2.45) is 0 Å². The average Bonchev–Trinajstić information content (AvgIpc) is 2.83. The molecule has 0 saturated heterocycles. The van der Waals surface area contributed by atoms with Crippen LogP contribution in [0.2, 0.25) is 0 Å². The minimum atomic E-state index is -0.208. The van der Waals surface area contributed by atoms with E-state index >= 15 is 0 Å². The lowest BCUT2D eigenvalue weighted by atomic mass is 10.1. The van der Waals surface area contributed by atoms with Crippen molar-refractivity contribution in [3.8, 4) is 34.3 Å². The smallest absolute Gasteiger partial charge is 0.193 e. The van der Waals surface area contributed by atoms with Gasteiger partial charge >= 0.3 is 0 Å². The Balaban J connectivity index is 1.65. The number of hydrogen-bond acceptors (Lipinski definition) is 6. The van der Waals surface area contributed by atoms with E-state index in [9.17, 15) is 4.79 Å². The van der Waals surface area contributed by atoms with Crippen molar-refractivity contribution in [3.63, 3.8) is 0 Å². The summed E-state index contributed by atoms with van der Waals surface area (Å²) in [4.78, 5) is 13.1. The molecule has 162 valence electrons. The highest BCUT2D eigenvalue weighted by Gasteiger charge is 2.16. The van der Waals surface area contributed by atoms with Crippen LogP contribution in [0.5, 0.6) is 23.0 Å². The van der Waals surface area contributed by atoms with E-state index in [0.29, 0.717) is 51.1 Å². The highest BCUT2D eigenvalue weighted by Crippen LogP contribution is 2.37. The second kappa shape index (κ2) is 8.43. The van der Waals surface area contributed by atoms with Gasteiger partial charge in [0.25, 0.3) is 0 Å². The SMILES string of the molecule is Nc1ccc(Oc2cc(Oc3ccc(N)cc3)c3oc(-c4ccccc4)cc(=O)c3c2)cc1. The number of rotatable bonds is 5. The van der Waals surface area contributed by atoms with Gasteiger partial charge in [0.1, 0.15) is 23.0 Å². The van der Waals surface area contributed by atoms with Gasteiger partial charge in [0.05, 0.1) is 5.39 Å². The van der Waals surface area contributed by atoms with Crippen molar-refractivity contribution in [1.29, 1.82) is 0 Å². The van der Waals surface area contributed by atoms with Gasteiger partial charge in [0, 0.05) is 29.1 Å². The third kappa shape index (κ3) is 4.36. The van der Waals surface area contributed by atoms with Gasteiger partial charge in [0.15, 0.2) is 16.8 Å². The Morgan fingerprint density at radius 3 is 1.88 bits per heavy atom. The van der Waals surface area contributed by atoms with Gasteiger partial charge < -0.3 is 25.4 Å². The fraction of sp³-hybridized carbons (Fsp3) is 0. The molecule has 0 spiro atoms. The topological polar surface area (TPSA) is 101 Å². The van der Waals surface area contributed by atoms with Crippen molar-refractivity contribution in [1.82, 2.24) is 0 Å². The Bertz CT molecular complexity index is 1480. The molecule has 5 rings (SSSR count). The summed E-state index contributed by atoms with van der Waals surface area (Å²) in [6, 6.07) is 28.2. The number of fused-ring (bicyclic) bond motifs is 1. The van der Waals surface area contributed by atoms with E-state index < -0.39 is 0 Å². The van der Waals surface area contributed by atoms with Gasteiger partial charge in [0.2, 0.25) is 0 Å². The second-order valence-corrected chi connectivity index (χ2v) is 7.48. The molecule has 0 fully saturated rings. The molecule has 0 aliphatic rings. The molecule has 1 aromatic heterocycles. The van der Waals surface area contributed by atoms with Crippen LogP contribution >= 0.6 is 0 Å². The first kappa shape index (κ1) is 20.2. The summed E-state index contributed by atoms with van der Waals surface area (Å²) in [5.74, 6) is 2.34. The molecule has 0 saturated carbocycles. The largest absolute Gasteiger partial charge is 0.457 e. The van der Waals surface area contributed by atoms with Crippen molar-refractivity contribution in [2.45, 2.75) is 0 Å². The van der Waals surface area contributed by atoms with Crippen molar-refractivity contribution in [3.05, 3.63) is 107 Å². The highest BCUT2D eigenvalue weighted by molar-refractivity contribution is 5.86. The summed E-state index contributed by atoms with van der Waals surface area (Å²) in [5, 5.41) is 0.341. The van der Waals surface area contributed by atoms with Crippen LogP contribution in [-0.2, 0) is 0 Å². The second-order valence-electron chi connectivity index (χ2n) is 7.48. The summed E-state index contributed by atoms with van der Waals surface area (Å²) < 4.78 is 18.2. The number of anilines is 2. The number of nitrogens with two attached hydrogens (primary N) is 2. The zero-order valence-corrected chi connectivity index (χ0v) is 17.5. The van der Waals surface area contributed by atoms with Crippen LogP contribution in [0, 0.1) is 0 Å². The van der Waals surface area contributed by atoms with E-state index in [1.165, 1.54) is 6.07 Å². The van der Waals surface area contributed by atoms with E-state index in [4.69, 9.17) is 25.4 Å². The fourth-order valence-corrected chi connectivity index (χ4v) is 3.42. The normalized spacial score (nSPS) is 10.8. The van der Waals surface area contributed by atoms with Gasteiger partial charge in [-0.3, -0.25) is 4.79 Å². The summed E-state index contributed by atoms with van der Waals surface area (Å²) in [6.07, 6.45) is 0. The van der Waals surface area contributed by atoms with Crippen molar-refractivity contribution >= 4 is 22.3 Å². The predicted octanol–water partition coefficient (Wildman–Crippen LogP) is 6.21. The summed E-state index contributed by atoms with van der Waals surface area (Å²) in [7, 11) is 0. The maximum atomic E-state index is 13.1. The Labute approximate surface area is 189 Å². The lowest BCUT2D eigenvalue weighted by Gasteiger charge is -2.13. The van der Waals surface area contributed by atoms with Gasteiger partial charge in [-0.05, 0) is 54.6 Å². The van der Waals surface area contributed by atoms with Gasteiger partial charge in [-0.2, -0.15) is 0 Å². The lowest BCUT2D eigenvalue weighted by molar-refractivity contribution is 0.455. The molecule has 33 heavy (non-hydrogen) atoms. The van der Waals surface area contributed by atoms with E-state index in [1.54, 1.807) is 60.7 Å². The molecule has 6 heteroatoms. The number of hydrogen-bond donors (Lipinski definition) is 2. The molecule has 0 radical (unpaired) electrons. The third-order valence-corrected chi connectivity index (χ3v) is 5.05. The molecule has 4 aromatic carbocycles. The molecular formula is C27H20N2O4. The Morgan fingerprint density at radius 1 is 0.636 bits per heavy atom. The van der Waals surface area contributed by atoms with Crippen LogP contribution in [0.4, 0.5) is 11.4 Å². The number of ether oxygens (including phenoxy) is 2. The molecule has 5 aromatic rings. The maximum Gasteiger partial charge on any atom is 0.193 e. The average molecular weight is 436 g/mol. The molecule has 0 unspecified atom stereocenters. The van der Waals surface area contributed by atoms with Gasteiger partial charge in [-0.25, -0.2) is 0 Å². The van der Waals surface area contributed by atoms with E-state index in [0.717, 1.165) is 5.56 Å². The van der Waals surface area contributed by atoms with E-state index in [2.05, 4.69) is 0 Å². The molecule has 6 nitrogen and oxygen atoms in total. The predicted molar refractivity (Wildman–Crippen MR) is 130 cm³/mol. The van der Waals surface area contributed by atoms with E-state index in [-0.39, 0.29) is 5.43 Å². The van der Waals surface area contributed by atoms with Gasteiger partial charge in [-0.1, -0.05) is 30.3 Å². The van der Waals surface area contributed by atoms with Crippen LogP contribution in [0.3, 0.4) is 0 Å². The summed E-state index contributed by atoms with van der Waals surface area (Å²) >= 11 is 0. The minimum absolute atomic E-state index is 0.208. The van der Waals surface area contributed by atoms with Crippen molar-refractivity contribution in [2.75, 3.05) is 11.5 Å². The first-order valence-electron chi connectivity index (χ1n) is 10.3. The quantitative estimate of drug-likeness (QED) is 0.318.